The standard InChI is InChI=1S/C91H133F2N10O25P/c1-7-17-82-127-77-56-67-68-55-70(92)69-54-66(104)29-31-88(69,5)90(68,93)75(105)57-89(67,6)91(77,128-82)76(106)58-98-85(111)62(4)99-87(113)83(61(2)3)101-86(112)72(22-15-16-32-96-80(109)60-126-74-24-10-8-9-21-71(84(74)102-94)95-33-36-118-39-42-121-46-47-123-48-49-124-50-51-125-52-53-129(114,115)116)100-79(108)30-35-117-38-41-120-44-45-122-43-40-119-37-34-97-78(107)27-28-81(110)103-59-65-20-12-11-18-63(65)25-26-64-19-13-14-23-73(64)103/h11-14,18-20,23,29,31,54,61-62,67-68,70,72,74-75,77,82-83,94-95,105H,7-10,15-17,21-22,24,27-28,30,32-53,55-60H2,1-6H3,(H,96,109)(H,97,107)(H,98,111)(H,99,113)(H,100,108)(H,101,112)(H2,114,115,116)/b84-71-,102-94?/t62-,67-,68-,70-,72+,74?,75-,77+,82?,83-,88-,89-,90-,91+/m0/s1. The molecule has 2 heterocycles. The average Bonchev–Trinajstić information content (AvgIpc) is 1.55. The van der Waals surface area contributed by atoms with E-state index in [1.54, 1.807) is 25.7 Å². The molecule has 9 rings (SSSR count). The van der Waals surface area contributed by atoms with Crippen molar-refractivity contribution >= 4 is 66.2 Å². The number of hydrogen-bond acceptors (Lipinski definition) is 26. The summed E-state index contributed by atoms with van der Waals surface area (Å²) in [6.45, 7) is 14.2. The van der Waals surface area contributed by atoms with Crippen LogP contribution in [0.5, 0.6) is 0 Å². The van der Waals surface area contributed by atoms with Crippen LogP contribution in [0.3, 0.4) is 0 Å². The number of carbonyl (C=O) groups is 9. The van der Waals surface area contributed by atoms with Gasteiger partial charge in [-0.1, -0.05) is 95.2 Å². The molecule has 1 saturated heterocycles. The summed E-state index contributed by atoms with van der Waals surface area (Å²) in [5.74, 6) is -0.940. The molecule has 2 aliphatic heterocycles. The molecular formula is C91H133F2N10O25P. The Morgan fingerprint density at radius 2 is 1.29 bits per heavy atom. The third-order valence-corrected chi connectivity index (χ3v) is 25.5. The van der Waals surface area contributed by atoms with Crippen LogP contribution >= 0.6 is 7.60 Å². The quantitative estimate of drug-likeness (QED) is 0.0156. The van der Waals surface area contributed by atoms with Gasteiger partial charge in [0.2, 0.25) is 41.4 Å². The number of unbranched alkanes of at least 4 members (excludes halogenated alkanes) is 1. The molecule has 7 aliphatic rings. The molecule has 4 fully saturated rings. The van der Waals surface area contributed by atoms with Gasteiger partial charge < -0.3 is 114 Å². The van der Waals surface area contributed by atoms with E-state index in [4.69, 9.17) is 72.2 Å². The number of alkyl halides is 2. The molecule has 129 heavy (non-hydrogen) atoms. The number of benzene rings is 2. The number of ether oxygens (including phenoxy) is 12. The number of halogens is 2. The summed E-state index contributed by atoms with van der Waals surface area (Å²) in [7, 11) is -4.09. The Labute approximate surface area is 753 Å². The summed E-state index contributed by atoms with van der Waals surface area (Å²) in [4.78, 5) is 143. The molecule has 0 bridgehead atoms. The average molecular weight is 1840 g/mol. The van der Waals surface area contributed by atoms with E-state index in [9.17, 15) is 48.0 Å². The molecule has 14 atom stereocenters. The fourth-order valence-electron chi connectivity index (χ4n) is 18.0. The Morgan fingerprint density at radius 3 is 1.95 bits per heavy atom. The van der Waals surface area contributed by atoms with Gasteiger partial charge in [0.25, 0.3) is 0 Å². The van der Waals surface area contributed by atoms with Gasteiger partial charge in [-0.05, 0) is 131 Å². The SMILES string of the molecule is CCCC1O[C@@H]2C[C@H]3[C@@H]4C[C@H](F)C5=CC(=O)C=C[C@]5(C)[C@@]4(F)[C@@H](O)C[C@]3(C)[C@]2(C(=O)CNC(=O)[C@H](C)NC(=O)[C@@H](NC(=O)[C@@H](CCCCNC(=O)COC2CCCCC/C(NCCOCCOCCOCCOCCOCCP(=O)(O)O)=C\2N=N)NC(=O)CCOCCOCCOCCOCCNC(=O)CCC(=O)N2Cc3ccccc3C#Cc3ccccc32)C(C)C)O1. The number of hydrogen-bond donors (Lipinski definition) is 11. The zero-order valence-corrected chi connectivity index (χ0v) is 76.0. The topological polar surface area (TPSA) is 466 Å². The van der Waals surface area contributed by atoms with E-state index in [0.717, 1.165) is 47.7 Å². The number of carbonyl (C=O) groups excluding carboxylic acids is 9. The Hall–Kier alpha value is -8.26. The van der Waals surface area contributed by atoms with Crippen molar-refractivity contribution in [3.05, 3.63) is 100 Å². The van der Waals surface area contributed by atoms with Crippen LogP contribution in [-0.4, -0.2) is 286 Å². The fourth-order valence-corrected chi connectivity index (χ4v) is 18.4. The Morgan fingerprint density at radius 1 is 0.682 bits per heavy atom. The molecule has 0 spiro atoms. The van der Waals surface area contributed by atoms with Crippen LogP contribution in [0.15, 0.2) is 88.8 Å². The van der Waals surface area contributed by atoms with Crippen molar-refractivity contribution in [1.82, 2.24) is 37.2 Å². The number of aliphatic hydroxyl groups excluding tert-OH is 1. The summed E-state index contributed by atoms with van der Waals surface area (Å²) < 4.78 is 115. The van der Waals surface area contributed by atoms with Crippen molar-refractivity contribution in [2.45, 2.75) is 211 Å². The Bertz CT molecular complexity index is 4280. The molecule has 0 radical (unpaired) electrons. The van der Waals surface area contributed by atoms with Crippen LogP contribution in [0.25, 0.3) is 0 Å². The lowest BCUT2D eigenvalue weighted by atomic mass is 9.44. The number of ketones is 2. The van der Waals surface area contributed by atoms with E-state index in [2.05, 4.69) is 54.2 Å². The normalized spacial score (nSPS) is 25.1. The number of nitrogens with one attached hydrogen (secondary N) is 8. The van der Waals surface area contributed by atoms with Crippen molar-refractivity contribution < 1.29 is 128 Å². The van der Waals surface area contributed by atoms with Gasteiger partial charge in [0.05, 0.1) is 156 Å². The third kappa shape index (κ3) is 29.6. The van der Waals surface area contributed by atoms with E-state index in [1.807, 2.05) is 55.5 Å². The van der Waals surface area contributed by atoms with Gasteiger partial charge in [-0.25, -0.2) is 14.3 Å². The number of anilines is 1. The molecule has 2 unspecified atom stereocenters. The molecule has 716 valence electrons. The van der Waals surface area contributed by atoms with Crippen LogP contribution < -0.4 is 42.1 Å². The Kier molecular flexibility index (Phi) is 42.3. The van der Waals surface area contributed by atoms with Crippen LogP contribution in [-0.2, 0) is 111 Å². The minimum atomic E-state index is -4.09. The minimum Gasteiger partial charge on any atom is -0.390 e. The van der Waals surface area contributed by atoms with Gasteiger partial charge >= 0.3 is 7.60 Å². The lowest BCUT2D eigenvalue weighted by molar-refractivity contribution is -0.234. The summed E-state index contributed by atoms with van der Waals surface area (Å²) in [6, 6.07) is 11.4. The summed E-state index contributed by atoms with van der Waals surface area (Å²) >= 11 is 0. The van der Waals surface area contributed by atoms with Gasteiger partial charge in [0.15, 0.2) is 29.1 Å². The number of aliphatic hydroxyl groups is 1. The Balaban J connectivity index is 0.703. The molecule has 3 saturated carbocycles. The summed E-state index contributed by atoms with van der Waals surface area (Å²) in [6.07, 6.45) is 1.96. The van der Waals surface area contributed by atoms with E-state index in [-0.39, 0.29) is 161 Å². The predicted molar refractivity (Wildman–Crippen MR) is 467 cm³/mol. The highest BCUT2D eigenvalue weighted by Crippen LogP contribution is 2.72. The van der Waals surface area contributed by atoms with Crippen LogP contribution in [0.2, 0.25) is 0 Å². The van der Waals surface area contributed by atoms with E-state index < -0.39 is 144 Å². The maximum Gasteiger partial charge on any atom is 0.327 e. The predicted octanol–water partition coefficient (Wildman–Crippen LogP) is 6.04. The first-order chi connectivity index (χ1) is 62.0. The smallest absolute Gasteiger partial charge is 0.327 e. The first kappa shape index (κ1) is 104. The van der Waals surface area contributed by atoms with E-state index in [0.29, 0.717) is 109 Å². The maximum atomic E-state index is 18.2. The van der Waals surface area contributed by atoms with Gasteiger partial charge in [0.1, 0.15) is 42.7 Å². The number of Topliss-reactive ketones (excluding diaryl/α,β-unsaturated/α-hetero) is 1. The number of nitrogens with zero attached hydrogens (tertiary/aromatic N) is 2. The fraction of sp³-hybridized carbons (Fsp3) is 0.681. The molecule has 38 heteroatoms. The molecular weight excluding hydrogens is 1700 g/mol. The lowest BCUT2D eigenvalue weighted by Crippen LogP contribution is -2.71. The second-order valence-electron chi connectivity index (χ2n) is 34.1. The highest BCUT2D eigenvalue weighted by Gasteiger charge is 2.80. The third-order valence-electron chi connectivity index (χ3n) is 24.7. The van der Waals surface area contributed by atoms with Crippen LogP contribution in [0.4, 0.5) is 14.5 Å². The number of para-hydroxylation sites is 1. The van der Waals surface area contributed by atoms with Gasteiger partial charge in [-0.15, -0.1) is 0 Å². The summed E-state index contributed by atoms with van der Waals surface area (Å²) in [5.41, 5.74) is 5.11. The van der Waals surface area contributed by atoms with Gasteiger partial charge in [-0.2, -0.15) is 5.11 Å². The number of amides is 7. The van der Waals surface area contributed by atoms with E-state index in [1.165, 1.54) is 26.0 Å². The van der Waals surface area contributed by atoms with Gasteiger partial charge in [0, 0.05) is 72.5 Å². The second kappa shape index (κ2) is 52.3. The molecule has 2 aromatic rings. The van der Waals surface area contributed by atoms with Crippen molar-refractivity contribution in [3.8, 4) is 11.8 Å². The lowest BCUT2D eigenvalue weighted by Gasteiger charge is -2.63. The van der Waals surface area contributed by atoms with Crippen LogP contribution in [0, 0.1) is 46.0 Å². The zero-order valence-electron chi connectivity index (χ0n) is 75.1. The first-order valence-corrected chi connectivity index (χ1v) is 47.0. The van der Waals surface area contributed by atoms with Gasteiger partial charge in [-0.3, -0.25) is 47.7 Å². The largest absolute Gasteiger partial charge is 0.390 e. The molecule has 11 N–H and O–H groups in total. The summed E-state index contributed by atoms with van der Waals surface area (Å²) in [5, 5.41) is 35.8. The van der Waals surface area contributed by atoms with E-state index >= 15 is 13.6 Å². The monoisotopic (exact) mass is 1830 g/mol. The van der Waals surface area contributed by atoms with Crippen molar-refractivity contribution in [1.29, 1.82) is 5.53 Å². The minimum absolute atomic E-state index is 0.000756. The van der Waals surface area contributed by atoms with Crippen molar-refractivity contribution in [3.63, 3.8) is 0 Å². The second-order valence-corrected chi connectivity index (χ2v) is 35.8. The molecule has 7 amide bonds. The highest BCUT2D eigenvalue weighted by molar-refractivity contribution is 7.51. The van der Waals surface area contributed by atoms with Crippen molar-refractivity contribution in [2.24, 2.45) is 33.7 Å². The zero-order chi connectivity index (χ0) is 93.0. The molecule has 35 nitrogen and oxygen atoms in total. The van der Waals surface area contributed by atoms with Crippen LogP contribution in [0.1, 0.15) is 161 Å². The number of fused-ring (bicyclic) bond motifs is 9. The first-order valence-electron chi connectivity index (χ1n) is 45.2. The highest BCUT2D eigenvalue weighted by atomic mass is 31.2. The van der Waals surface area contributed by atoms with Crippen molar-refractivity contribution in [2.75, 3.05) is 163 Å². The number of allylic oxidation sites excluding steroid dienone is 5. The molecule has 5 aliphatic carbocycles. The maximum absolute atomic E-state index is 18.2. The molecule has 0 aromatic heterocycles. The number of rotatable bonds is 58. The molecule has 2 aromatic carbocycles.